The second kappa shape index (κ2) is 4.43. The van der Waals surface area contributed by atoms with Crippen LogP contribution in [0.25, 0.3) is 11.4 Å². The van der Waals surface area contributed by atoms with Crippen molar-refractivity contribution in [2.24, 2.45) is 0 Å². The smallest absolute Gasteiger partial charge is 0.145 e. The van der Waals surface area contributed by atoms with Crippen LogP contribution in [0.5, 0.6) is 5.75 Å². The monoisotopic (exact) mass is 306 g/mol. The van der Waals surface area contributed by atoms with Crippen molar-refractivity contribution in [3.05, 3.63) is 34.6 Å². The molecule has 94 valence electrons. The van der Waals surface area contributed by atoms with Crippen LogP contribution in [0, 0.1) is 0 Å². The van der Waals surface area contributed by atoms with Gasteiger partial charge in [-0.3, -0.25) is 0 Å². The third kappa shape index (κ3) is 1.75. The van der Waals surface area contributed by atoms with E-state index in [2.05, 4.69) is 32.4 Å². The Kier molecular flexibility index (Phi) is 2.90. The van der Waals surface area contributed by atoms with Crippen molar-refractivity contribution >= 4 is 15.9 Å². The summed E-state index contributed by atoms with van der Waals surface area (Å²) < 4.78 is 3.16. The second-order valence-corrected chi connectivity index (χ2v) is 5.55. The maximum Gasteiger partial charge on any atom is 0.145 e. The number of phenolic OH excluding ortho intramolecular Hbond substituents is 1. The van der Waals surface area contributed by atoms with Crippen LogP contribution in [0.2, 0.25) is 0 Å². The molecule has 18 heavy (non-hydrogen) atoms. The van der Waals surface area contributed by atoms with Crippen LogP contribution >= 0.6 is 15.9 Å². The Morgan fingerprint density at radius 3 is 2.94 bits per heavy atom. The fraction of sp³-hybridized carbons (Fsp3) is 0.357. The van der Waals surface area contributed by atoms with E-state index in [1.807, 2.05) is 18.2 Å². The molecule has 0 spiro atoms. The Morgan fingerprint density at radius 1 is 1.39 bits per heavy atom. The van der Waals surface area contributed by atoms with Crippen LogP contribution in [0.3, 0.4) is 0 Å². The van der Waals surface area contributed by atoms with Gasteiger partial charge in [0.1, 0.15) is 16.2 Å². The van der Waals surface area contributed by atoms with Crippen LogP contribution in [-0.2, 0) is 6.42 Å². The van der Waals surface area contributed by atoms with Gasteiger partial charge in [-0.05, 0) is 54.2 Å². The van der Waals surface area contributed by atoms with E-state index in [0.29, 0.717) is 6.04 Å². The van der Waals surface area contributed by atoms with Gasteiger partial charge < -0.3 is 9.67 Å². The van der Waals surface area contributed by atoms with Crippen molar-refractivity contribution in [2.75, 3.05) is 0 Å². The standard InChI is InChI=1S/C14H15BrN2O/c1-9-5-4-7-11-13(15)16-14(17(9)11)10-6-2-3-8-12(10)18/h2-3,6,8-9,18H,4-5,7H2,1H3. The minimum Gasteiger partial charge on any atom is -0.507 e. The number of hydrogen-bond donors (Lipinski definition) is 1. The molecule has 1 aliphatic rings. The summed E-state index contributed by atoms with van der Waals surface area (Å²) in [4.78, 5) is 4.59. The highest BCUT2D eigenvalue weighted by molar-refractivity contribution is 9.10. The van der Waals surface area contributed by atoms with Crippen LogP contribution in [0.15, 0.2) is 28.9 Å². The molecule has 3 nitrogen and oxygen atoms in total. The highest BCUT2D eigenvalue weighted by atomic mass is 79.9. The molecule has 1 aromatic heterocycles. The number of halogens is 1. The van der Waals surface area contributed by atoms with Crippen molar-refractivity contribution in [3.63, 3.8) is 0 Å². The van der Waals surface area contributed by atoms with Gasteiger partial charge >= 0.3 is 0 Å². The molecule has 1 atom stereocenters. The molecule has 1 aromatic carbocycles. The predicted molar refractivity (Wildman–Crippen MR) is 74.7 cm³/mol. The van der Waals surface area contributed by atoms with Crippen LogP contribution in [0.4, 0.5) is 0 Å². The number of nitrogens with zero attached hydrogens (tertiary/aromatic N) is 2. The first-order valence-electron chi connectivity index (χ1n) is 6.23. The Hall–Kier alpha value is -1.29. The molecule has 2 heterocycles. The fourth-order valence-corrected chi connectivity index (χ4v) is 3.24. The van der Waals surface area contributed by atoms with Gasteiger partial charge in [-0.1, -0.05) is 12.1 Å². The van der Waals surface area contributed by atoms with Crippen LogP contribution in [-0.4, -0.2) is 14.7 Å². The Labute approximate surface area is 115 Å². The van der Waals surface area contributed by atoms with Crippen LogP contribution < -0.4 is 0 Å². The first-order chi connectivity index (χ1) is 8.68. The van der Waals surface area contributed by atoms with Gasteiger partial charge in [0.2, 0.25) is 0 Å². The lowest BCUT2D eigenvalue weighted by molar-refractivity contribution is 0.432. The van der Waals surface area contributed by atoms with E-state index in [-0.39, 0.29) is 5.75 Å². The molecule has 4 heteroatoms. The quantitative estimate of drug-likeness (QED) is 0.867. The summed E-state index contributed by atoms with van der Waals surface area (Å²) in [6.07, 6.45) is 3.41. The molecule has 0 amide bonds. The summed E-state index contributed by atoms with van der Waals surface area (Å²) in [5, 5.41) is 9.99. The normalized spacial score (nSPS) is 18.7. The van der Waals surface area contributed by atoms with Crippen molar-refractivity contribution < 1.29 is 5.11 Å². The number of rotatable bonds is 1. The number of fused-ring (bicyclic) bond motifs is 1. The van der Waals surface area contributed by atoms with Gasteiger partial charge in [0.05, 0.1) is 11.3 Å². The zero-order valence-electron chi connectivity index (χ0n) is 10.2. The summed E-state index contributed by atoms with van der Waals surface area (Å²) in [5.74, 6) is 1.15. The first kappa shape index (κ1) is 11.8. The number of para-hydroxylation sites is 1. The van der Waals surface area contributed by atoms with Gasteiger partial charge in [0.15, 0.2) is 0 Å². The van der Waals surface area contributed by atoms with E-state index in [9.17, 15) is 5.11 Å². The van der Waals surface area contributed by atoms with Crippen molar-refractivity contribution in [2.45, 2.75) is 32.2 Å². The lowest BCUT2D eigenvalue weighted by Gasteiger charge is -2.24. The molecule has 0 bridgehead atoms. The predicted octanol–water partition coefficient (Wildman–Crippen LogP) is 3.92. The lowest BCUT2D eigenvalue weighted by atomic mass is 10.0. The molecule has 0 radical (unpaired) electrons. The number of imidazole rings is 1. The molecular formula is C14H15BrN2O. The van der Waals surface area contributed by atoms with E-state index in [0.717, 1.165) is 28.8 Å². The topological polar surface area (TPSA) is 38.1 Å². The second-order valence-electron chi connectivity index (χ2n) is 4.80. The molecule has 0 saturated heterocycles. The first-order valence-corrected chi connectivity index (χ1v) is 7.02. The number of aromatic nitrogens is 2. The maximum absolute atomic E-state index is 9.99. The van der Waals surface area contributed by atoms with Crippen molar-refractivity contribution in [1.82, 2.24) is 9.55 Å². The number of benzene rings is 1. The molecule has 0 fully saturated rings. The van der Waals surface area contributed by atoms with Crippen LogP contribution in [0.1, 0.15) is 31.5 Å². The van der Waals surface area contributed by atoms with Gasteiger partial charge in [-0.25, -0.2) is 4.98 Å². The number of aromatic hydroxyl groups is 1. The third-order valence-corrected chi connectivity index (χ3v) is 4.22. The number of hydrogen-bond acceptors (Lipinski definition) is 2. The molecule has 2 aromatic rings. The summed E-state index contributed by atoms with van der Waals surface area (Å²) in [6.45, 7) is 2.21. The van der Waals surface area contributed by atoms with Crippen molar-refractivity contribution in [3.8, 4) is 17.1 Å². The maximum atomic E-state index is 9.99. The molecule has 1 aliphatic heterocycles. The lowest BCUT2D eigenvalue weighted by Crippen LogP contribution is -2.15. The Bertz CT molecular complexity index is 591. The number of phenols is 1. The van der Waals surface area contributed by atoms with E-state index < -0.39 is 0 Å². The molecule has 1 unspecified atom stereocenters. The minimum atomic E-state index is 0.288. The molecule has 0 saturated carbocycles. The van der Waals surface area contributed by atoms with E-state index in [4.69, 9.17) is 0 Å². The molecular weight excluding hydrogens is 292 g/mol. The minimum absolute atomic E-state index is 0.288. The average molecular weight is 307 g/mol. The Balaban J connectivity index is 2.22. The zero-order valence-corrected chi connectivity index (χ0v) is 11.8. The SMILES string of the molecule is CC1CCCc2c(Br)nc(-c3ccccc3O)n21. The molecule has 3 rings (SSSR count). The molecule has 0 aliphatic carbocycles. The van der Waals surface area contributed by atoms with Gasteiger partial charge in [-0.2, -0.15) is 0 Å². The van der Waals surface area contributed by atoms with Gasteiger partial charge in [-0.15, -0.1) is 0 Å². The largest absolute Gasteiger partial charge is 0.507 e. The summed E-state index contributed by atoms with van der Waals surface area (Å²) in [5.41, 5.74) is 2.05. The van der Waals surface area contributed by atoms with E-state index in [1.54, 1.807) is 6.07 Å². The summed E-state index contributed by atoms with van der Waals surface area (Å²) in [6, 6.07) is 7.81. The average Bonchev–Trinajstić information content (AvgIpc) is 2.69. The van der Waals surface area contributed by atoms with Gasteiger partial charge in [0, 0.05) is 6.04 Å². The van der Waals surface area contributed by atoms with Crippen molar-refractivity contribution in [1.29, 1.82) is 0 Å². The summed E-state index contributed by atoms with van der Waals surface area (Å²) in [7, 11) is 0. The highest BCUT2D eigenvalue weighted by Gasteiger charge is 2.25. The Morgan fingerprint density at radius 2 is 2.17 bits per heavy atom. The third-order valence-electron chi connectivity index (χ3n) is 3.58. The van der Waals surface area contributed by atoms with Gasteiger partial charge in [0.25, 0.3) is 0 Å². The van der Waals surface area contributed by atoms with E-state index in [1.165, 1.54) is 12.1 Å². The molecule has 1 N–H and O–H groups in total. The highest BCUT2D eigenvalue weighted by Crippen LogP contribution is 2.37. The fourth-order valence-electron chi connectivity index (χ4n) is 2.68. The summed E-state index contributed by atoms with van der Waals surface area (Å²) >= 11 is 3.54. The van der Waals surface area contributed by atoms with E-state index >= 15 is 0 Å². The zero-order chi connectivity index (χ0) is 12.7.